The van der Waals surface area contributed by atoms with Crippen LogP contribution in [0.3, 0.4) is 0 Å². The van der Waals surface area contributed by atoms with E-state index in [9.17, 15) is 23.2 Å². The first-order valence-electron chi connectivity index (χ1n) is 19.4. The van der Waals surface area contributed by atoms with Gasteiger partial charge in [-0.3, -0.25) is 0 Å². The summed E-state index contributed by atoms with van der Waals surface area (Å²) in [5.74, 6) is 0. The van der Waals surface area contributed by atoms with E-state index in [1.807, 2.05) is 6.92 Å². The first-order chi connectivity index (χ1) is 23.8. The second-order valence-corrected chi connectivity index (χ2v) is 31.7. The van der Waals surface area contributed by atoms with E-state index in [0.29, 0.717) is 32.9 Å². The van der Waals surface area contributed by atoms with E-state index in [4.69, 9.17) is 17.7 Å². The molecule has 1 fully saturated rings. The highest BCUT2D eigenvalue weighted by atomic mass is 32.2. The summed E-state index contributed by atoms with van der Waals surface area (Å²) in [6.45, 7) is 21.2. The summed E-state index contributed by atoms with van der Waals surface area (Å²) in [7, 11) is -1.35. The minimum Gasteiger partial charge on any atom is -0.744 e. The number of aliphatic hydroxyl groups is 2. The van der Waals surface area contributed by atoms with Crippen LogP contribution in [0.1, 0.15) is 56.9 Å². The monoisotopic (exact) mass is 809 g/mol. The average molecular weight is 810 g/mol. The Morgan fingerprint density at radius 1 is 0.654 bits per heavy atom. The molecule has 52 heavy (non-hydrogen) atoms. The second kappa shape index (κ2) is 22.9. The number of hydrogen-bond donors (Lipinski definition) is 2. The number of ether oxygens (including phenoxy) is 2. The molecule has 1 aromatic carbocycles. The van der Waals surface area contributed by atoms with Crippen molar-refractivity contribution < 1.29 is 49.9 Å². The molecule has 1 aliphatic rings. The van der Waals surface area contributed by atoms with Gasteiger partial charge in [0.05, 0.1) is 59.4 Å². The highest BCUT2D eigenvalue weighted by Crippen LogP contribution is 2.27. The summed E-state index contributed by atoms with van der Waals surface area (Å²) in [6.07, 6.45) is 8.19. The normalized spacial score (nSPS) is 26.7. The number of aryl methyl sites for hydroxylation is 1. The third-order valence-electron chi connectivity index (χ3n) is 9.30. The van der Waals surface area contributed by atoms with Gasteiger partial charge in [-0.2, -0.15) is 0 Å². The van der Waals surface area contributed by atoms with E-state index in [1.54, 1.807) is 12.1 Å². The SMILES string of the molecule is C[N+]1(C)CCCC[N+](C)(C)CC(O)COCCC[Si](C)(C)O[Si](C)(C)O[Si](C)(C)CCCCCCCOCC(O)C1.Cc1ccc(S(=O)(=O)[O-])cc1. The van der Waals surface area contributed by atoms with Crippen LogP contribution in [0.15, 0.2) is 29.2 Å². The minimum atomic E-state index is -4.27. The van der Waals surface area contributed by atoms with Crippen molar-refractivity contribution in [3.63, 3.8) is 0 Å². The molecule has 11 nitrogen and oxygen atoms in total. The molecule has 2 N–H and O–H groups in total. The van der Waals surface area contributed by atoms with Gasteiger partial charge in [0.25, 0.3) is 0 Å². The van der Waals surface area contributed by atoms with Crippen molar-refractivity contribution in [1.29, 1.82) is 0 Å². The molecule has 0 radical (unpaired) electrons. The van der Waals surface area contributed by atoms with Crippen molar-refractivity contribution in [2.24, 2.45) is 0 Å². The van der Waals surface area contributed by atoms with E-state index in [-0.39, 0.29) is 4.90 Å². The lowest BCUT2D eigenvalue weighted by Crippen LogP contribution is -2.52. The Balaban J connectivity index is 0.00000104. The fourth-order valence-electron chi connectivity index (χ4n) is 6.99. The van der Waals surface area contributed by atoms with Gasteiger partial charge in [-0.25, -0.2) is 8.42 Å². The molecule has 0 aromatic heterocycles. The van der Waals surface area contributed by atoms with Gasteiger partial charge < -0.3 is 41.4 Å². The zero-order valence-corrected chi connectivity index (χ0v) is 38.6. The largest absolute Gasteiger partial charge is 0.744 e. The maximum absolute atomic E-state index is 10.6. The fourth-order valence-corrected chi connectivity index (χ4v) is 21.6. The Bertz CT molecular complexity index is 1230. The number of benzene rings is 1. The number of quaternary nitrogens is 2. The Morgan fingerprint density at radius 3 is 1.52 bits per heavy atom. The number of likely N-dealkylation sites (N-methyl/N-ethyl adjacent to an activating group) is 2. The summed E-state index contributed by atoms with van der Waals surface area (Å²) in [6, 6.07) is 8.00. The molecule has 2 unspecified atom stereocenters. The van der Waals surface area contributed by atoms with Gasteiger partial charge in [-0.05, 0) is 83.3 Å². The van der Waals surface area contributed by atoms with Crippen LogP contribution in [0.25, 0.3) is 0 Å². The topological polar surface area (TPSA) is 135 Å². The van der Waals surface area contributed by atoms with Crippen LogP contribution in [-0.4, -0.2) is 150 Å². The molecule has 1 heterocycles. The molecule has 0 aliphatic carbocycles. The summed E-state index contributed by atoms with van der Waals surface area (Å²) >= 11 is 0. The molecule has 306 valence electrons. The fraction of sp³-hybridized carbons (Fsp3) is 0.838. The van der Waals surface area contributed by atoms with Gasteiger partial charge in [0, 0.05) is 26.1 Å². The lowest BCUT2D eigenvalue weighted by atomic mass is 10.2. The molecule has 1 aliphatic heterocycles. The van der Waals surface area contributed by atoms with Gasteiger partial charge in [-0.15, -0.1) is 0 Å². The first-order valence-corrected chi connectivity index (χ1v) is 29.9. The van der Waals surface area contributed by atoms with E-state index in [1.165, 1.54) is 43.9 Å². The lowest BCUT2D eigenvalue weighted by molar-refractivity contribution is -0.899. The molecule has 0 bridgehead atoms. The van der Waals surface area contributed by atoms with E-state index in [2.05, 4.69) is 67.5 Å². The van der Waals surface area contributed by atoms with Crippen molar-refractivity contribution in [2.45, 2.75) is 127 Å². The molecule has 2 rings (SSSR count). The Hall–Kier alpha value is -0.539. The van der Waals surface area contributed by atoms with Crippen LogP contribution in [-0.2, 0) is 27.8 Å². The Morgan fingerprint density at radius 2 is 1.06 bits per heavy atom. The molecule has 0 saturated carbocycles. The molecule has 15 heteroatoms. The van der Waals surface area contributed by atoms with Crippen molar-refractivity contribution in [2.75, 3.05) is 80.8 Å². The molecular weight excluding hydrogens is 733 g/mol. The van der Waals surface area contributed by atoms with Crippen LogP contribution in [0.2, 0.25) is 51.4 Å². The van der Waals surface area contributed by atoms with Gasteiger partial charge >= 0.3 is 8.56 Å². The lowest BCUT2D eigenvalue weighted by Gasteiger charge is -2.38. The molecule has 0 spiro atoms. The van der Waals surface area contributed by atoms with Crippen molar-refractivity contribution in [1.82, 2.24) is 0 Å². The van der Waals surface area contributed by atoms with E-state index >= 15 is 0 Å². The van der Waals surface area contributed by atoms with E-state index in [0.717, 1.165) is 66.0 Å². The van der Waals surface area contributed by atoms with Crippen LogP contribution < -0.4 is 0 Å². The van der Waals surface area contributed by atoms with Crippen LogP contribution in [0.5, 0.6) is 0 Å². The summed E-state index contributed by atoms with van der Waals surface area (Å²) < 4.78 is 58.0. The smallest absolute Gasteiger partial charge is 0.311 e. The van der Waals surface area contributed by atoms with Crippen LogP contribution >= 0.6 is 0 Å². The van der Waals surface area contributed by atoms with E-state index < -0.39 is 47.5 Å². The number of nitrogens with zero attached hydrogens (tertiary/aromatic N) is 2. The first kappa shape index (κ1) is 49.5. The van der Waals surface area contributed by atoms with Crippen LogP contribution in [0, 0.1) is 6.92 Å². The highest BCUT2D eigenvalue weighted by molar-refractivity contribution is 7.85. The highest BCUT2D eigenvalue weighted by Gasteiger charge is 2.39. The predicted molar refractivity (Wildman–Crippen MR) is 218 cm³/mol. The van der Waals surface area contributed by atoms with Gasteiger partial charge in [0.15, 0.2) is 16.6 Å². The summed E-state index contributed by atoms with van der Waals surface area (Å²) in [4.78, 5) is -0.178. The molecule has 1 aromatic rings. The van der Waals surface area contributed by atoms with Crippen LogP contribution in [0.4, 0.5) is 0 Å². The second-order valence-electron chi connectivity index (χ2n) is 17.9. The number of hydrogen-bond acceptors (Lipinski definition) is 9. The standard InChI is InChI=1S/C30H70N2O6Si3.C7H8O3S/c1-31(2)19-14-15-20-32(3,4)26-30(34)28-36-22-18-24-40(7,8)38-41(9,10)37-39(5,6)23-17-13-11-12-16-21-35-27-29(33)25-31;1-6-2-4-7(5-3-6)11(8,9)10/h29-30,33-34H,11-28H2,1-10H3;2-5H,1H3,(H,8,9,10)/q+2;/p-1. The Kier molecular flexibility index (Phi) is 21.8. The molecule has 0 amide bonds. The third-order valence-corrected chi connectivity index (χ3v) is 21.6. The quantitative estimate of drug-likeness (QED) is 0.197. The zero-order valence-electron chi connectivity index (χ0n) is 34.7. The Labute approximate surface area is 321 Å². The molecule has 1 saturated heterocycles. The van der Waals surface area contributed by atoms with Crippen molar-refractivity contribution in [3.05, 3.63) is 29.8 Å². The zero-order chi connectivity index (χ0) is 39.7. The summed E-state index contributed by atoms with van der Waals surface area (Å²) in [5.41, 5.74) is 0.928. The number of aliphatic hydroxyl groups excluding tert-OH is 2. The molecule has 2 atom stereocenters. The minimum absolute atomic E-state index is 0.178. The number of rotatable bonds is 1. The van der Waals surface area contributed by atoms with Crippen molar-refractivity contribution >= 4 is 35.3 Å². The average Bonchev–Trinajstić information content (AvgIpc) is 2.96. The van der Waals surface area contributed by atoms with Crippen molar-refractivity contribution in [3.8, 4) is 0 Å². The summed E-state index contributed by atoms with van der Waals surface area (Å²) in [5, 5.41) is 21.2. The van der Waals surface area contributed by atoms with Gasteiger partial charge in [-0.1, -0.05) is 43.4 Å². The maximum atomic E-state index is 10.6. The van der Waals surface area contributed by atoms with Gasteiger partial charge in [0.1, 0.15) is 35.4 Å². The predicted octanol–water partition coefficient (Wildman–Crippen LogP) is 6.07. The van der Waals surface area contributed by atoms with Gasteiger partial charge in [0.2, 0.25) is 0 Å². The molecular formula is C37H77N2O9SSi3+. The third kappa shape index (κ3) is 24.8. The maximum Gasteiger partial charge on any atom is 0.311 e.